The van der Waals surface area contributed by atoms with Crippen molar-refractivity contribution in [3.63, 3.8) is 0 Å². The number of hydrogen-bond donors (Lipinski definition) is 4. The lowest BCUT2D eigenvalue weighted by Gasteiger charge is -2.15. The second kappa shape index (κ2) is 6.65. The number of nitrogens with zero attached hydrogens (tertiary/aromatic N) is 4. The average molecular weight is 370 g/mol. The van der Waals surface area contributed by atoms with Gasteiger partial charge in [0.15, 0.2) is 11.5 Å². The highest BCUT2D eigenvalue weighted by Crippen LogP contribution is 2.34. The fourth-order valence-electron chi connectivity index (χ4n) is 3.57. The van der Waals surface area contributed by atoms with Crippen molar-refractivity contribution in [1.82, 2.24) is 19.6 Å². The molecule has 1 saturated carbocycles. The standard InChI is InChI=1S/C15H20ClN5O4/c16-15-19-13(18-7-3-1-2-4-7)14-17-5-8(21(14)20-15)12-11(24)10(23)9(6-22)25-12/h5,7,9-12,22-24H,1-4,6H2,(H,18,19,20)/t9-,10-,11-,12+/m1/s1. The number of aliphatic hydroxyl groups excluding tert-OH is 3. The van der Waals surface area contributed by atoms with Crippen LogP contribution in [0.15, 0.2) is 6.20 Å². The molecule has 4 atom stereocenters. The van der Waals surface area contributed by atoms with Crippen molar-refractivity contribution in [3.8, 4) is 0 Å². The van der Waals surface area contributed by atoms with Crippen molar-refractivity contribution >= 4 is 23.1 Å². The second-order valence-corrected chi connectivity index (χ2v) is 6.87. The van der Waals surface area contributed by atoms with Crippen LogP contribution < -0.4 is 5.32 Å². The van der Waals surface area contributed by atoms with Crippen LogP contribution in [0.3, 0.4) is 0 Å². The number of imidazole rings is 1. The third-order valence-corrected chi connectivity index (χ3v) is 5.05. The Bertz CT molecular complexity index is 766. The van der Waals surface area contributed by atoms with Gasteiger partial charge in [-0.05, 0) is 24.4 Å². The van der Waals surface area contributed by atoms with Gasteiger partial charge in [0.2, 0.25) is 5.28 Å². The molecule has 0 aromatic carbocycles. The number of aliphatic hydroxyl groups is 3. The summed E-state index contributed by atoms with van der Waals surface area (Å²) in [6.45, 7) is -0.393. The largest absolute Gasteiger partial charge is 0.394 e. The first kappa shape index (κ1) is 16.9. The summed E-state index contributed by atoms with van der Waals surface area (Å²) in [6.07, 6.45) is 1.88. The van der Waals surface area contributed by atoms with Gasteiger partial charge in [0, 0.05) is 6.04 Å². The predicted molar refractivity (Wildman–Crippen MR) is 88.4 cm³/mol. The van der Waals surface area contributed by atoms with Crippen molar-refractivity contribution in [3.05, 3.63) is 17.2 Å². The Morgan fingerprint density at radius 3 is 2.72 bits per heavy atom. The van der Waals surface area contributed by atoms with E-state index in [1.165, 1.54) is 23.6 Å². The van der Waals surface area contributed by atoms with Crippen LogP contribution >= 0.6 is 11.6 Å². The van der Waals surface area contributed by atoms with Gasteiger partial charge >= 0.3 is 0 Å². The van der Waals surface area contributed by atoms with E-state index in [4.69, 9.17) is 16.3 Å². The Morgan fingerprint density at radius 1 is 1.28 bits per heavy atom. The molecular formula is C15H20ClN5O4. The fourth-order valence-corrected chi connectivity index (χ4v) is 3.73. The molecule has 4 N–H and O–H groups in total. The smallest absolute Gasteiger partial charge is 0.243 e. The normalized spacial score (nSPS) is 30.4. The third kappa shape index (κ3) is 2.96. The van der Waals surface area contributed by atoms with Crippen LogP contribution in [-0.4, -0.2) is 65.9 Å². The zero-order valence-corrected chi connectivity index (χ0v) is 14.2. The predicted octanol–water partition coefficient (Wildman–Crippen LogP) is 0.286. The minimum absolute atomic E-state index is 0.0407. The SMILES string of the molecule is OC[C@H]1O[C@@H](c2cnc3c(NC4CCCC4)nc(Cl)nn23)[C@H](O)[C@@H]1O. The number of hydrogen-bond acceptors (Lipinski definition) is 8. The minimum atomic E-state index is -1.20. The molecule has 0 spiro atoms. The van der Waals surface area contributed by atoms with E-state index in [0.717, 1.165) is 12.8 Å². The Kier molecular flexibility index (Phi) is 4.50. The van der Waals surface area contributed by atoms with E-state index in [0.29, 0.717) is 23.2 Å². The van der Waals surface area contributed by atoms with Crippen molar-refractivity contribution in [2.45, 2.75) is 56.1 Å². The number of anilines is 1. The van der Waals surface area contributed by atoms with E-state index in [9.17, 15) is 15.3 Å². The quantitative estimate of drug-likeness (QED) is 0.606. The molecule has 0 amide bonds. The molecular weight excluding hydrogens is 350 g/mol. The van der Waals surface area contributed by atoms with E-state index >= 15 is 0 Å². The van der Waals surface area contributed by atoms with Crippen molar-refractivity contribution in [1.29, 1.82) is 0 Å². The maximum atomic E-state index is 10.2. The first-order valence-electron chi connectivity index (χ1n) is 8.38. The Balaban J connectivity index is 1.70. The van der Waals surface area contributed by atoms with Gasteiger partial charge in [-0.2, -0.15) is 4.98 Å². The van der Waals surface area contributed by atoms with Gasteiger partial charge in [0.25, 0.3) is 0 Å². The van der Waals surface area contributed by atoms with Crippen LogP contribution in [0.2, 0.25) is 5.28 Å². The van der Waals surface area contributed by atoms with E-state index in [2.05, 4.69) is 20.4 Å². The maximum Gasteiger partial charge on any atom is 0.243 e. The molecule has 10 heteroatoms. The Hall–Kier alpha value is -1.52. The molecule has 2 aromatic heterocycles. The Morgan fingerprint density at radius 2 is 2.04 bits per heavy atom. The molecule has 0 unspecified atom stereocenters. The molecule has 1 aliphatic heterocycles. The summed E-state index contributed by atoms with van der Waals surface area (Å²) in [5, 5.41) is 37.0. The molecule has 2 fully saturated rings. The third-order valence-electron chi connectivity index (χ3n) is 4.89. The molecule has 0 radical (unpaired) electrons. The molecule has 2 aromatic rings. The van der Waals surface area contributed by atoms with E-state index in [1.807, 2.05) is 0 Å². The van der Waals surface area contributed by atoms with Gasteiger partial charge in [0.05, 0.1) is 18.5 Å². The number of nitrogens with one attached hydrogen (secondary N) is 1. The molecule has 9 nitrogen and oxygen atoms in total. The van der Waals surface area contributed by atoms with Gasteiger partial charge in [-0.3, -0.25) is 0 Å². The van der Waals surface area contributed by atoms with E-state index in [-0.39, 0.29) is 5.28 Å². The lowest BCUT2D eigenvalue weighted by Crippen LogP contribution is -2.32. The van der Waals surface area contributed by atoms with Gasteiger partial charge in [-0.1, -0.05) is 12.8 Å². The molecule has 1 aliphatic carbocycles. The number of fused-ring (bicyclic) bond motifs is 1. The summed E-state index contributed by atoms with van der Waals surface area (Å²) in [4.78, 5) is 8.58. The first-order valence-corrected chi connectivity index (χ1v) is 8.76. The van der Waals surface area contributed by atoms with Crippen LogP contribution in [0, 0.1) is 0 Å². The molecule has 4 rings (SSSR count). The van der Waals surface area contributed by atoms with Crippen LogP contribution in [0.1, 0.15) is 37.5 Å². The number of halogens is 1. The van der Waals surface area contributed by atoms with Crippen LogP contribution in [0.4, 0.5) is 5.82 Å². The number of aromatic nitrogens is 4. The molecule has 25 heavy (non-hydrogen) atoms. The van der Waals surface area contributed by atoms with E-state index < -0.39 is 31.0 Å². The molecule has 3 heterocycles. The molecule has 0 bridgehead atoms. The number of ether oxygens (including phenoxy) is 1. The molecule has 1 saturated heterocycles. The highest BCUT2D eigenvalue weighted by molar-refractivity contribution is 6.28. The molecule has 2 aliphatic rings. The summed E-state index contributed by atoms with van der Waals surface area (Å²) in [7, 11) is 0. The van der Waals surface area contributed by atoms with Gasteiger partial charge in [0.1, 0.15) is 24.4 Å². The second-order valence-electron chi connectivity index (χ2n) is 6.53. The average Bonchev–Trinajstić information content (AvgIpc) is 3.29. The minimum Gasteiger partial charge on any atom is -0.394 e. The van der Waals surface area contributed by atoms with Gasteiger partial charge in [-0.15, -0.1) is 5.10 Å². The summed E-state index contributed by atoms with van der Waals surface area (Å²) in [5.41, 5.74) is 0.917. The summed E-state index contributed by atoms with van der Waals surface area (Å²) >= 11 is 6.06. The topological polar surface area (TPSA) is 125 Å². The highest BCUT2D eigenvalue weighted by atomic mass is 35.5. The van der Waals surface area contributed by atoms with Crippen molar-refractivity contribution < 1.29 is 20.1 Å². The number of rotatable bonds is 4. The monoisotopic (exact) mass is 369 g/mol. The Labute approximate surface area is 148 Å². The molecule has 136 valence electrons. The van der Waals surface area contributed by atoms with Gasteiger partial charge in [-0.25, -0.2) is 9.50 Å². The highest BCUT2D eigenvalue weighted by Gasteiger charge is 2.44. The fraction of sp³-hybridized carbons (Fsp3) is 0.667. The first-order chi connectivity index (χ1) is 12.1. The summed E-state index contributed by atoms with van der Waals surface area (Å²) in [6, 6.07) is 0.323. The van der Waals surface area contributed by atoms with Crippen molar-refractivity contribution in [2.24, 2.45) is 0 Å². The lowest BCUT2D eigenvalue weighted by atomic mass is 10.1. The van der Waals surface area contributed by atoms with E-state index in [1.54, 1.807) is 0 Å². The summed E-state index contributed by atoms with van der Waals surface area (Å²) in [5.74, 6) is 0.532. The zero-order chi connectivity index (χ0) is 17.6. The lowest BCUT2D eigenvalue weighted by molar-refractivity contribution is -0.0244. The van der Waals surface area contributed by atoms with Crippen LogP contribution in [0.5, 0.6) is 0 Å². The van der Waals surface area contributed by atoms with Crippen LogP contribution in [-0.2, 0) is 4.74 Å². The zero-order valence-electron chi connectivity index (χ0n) is 13.4. The maximum absolute atomic E-state index is 10.2. The summed E-state index contributed by atoms with van der Waals surface area (Å²) < 4.78 is 7.03. The van der Waals surface area contributed by atoms with Crippen LogP contribution in [0.25, 0.3) is 5.65 Å². The van der Waals surface area contributed by atoms with Crippen molar-refractivity contribution in [2.75, 3.05) is 11.9 Å². The van der Waals surface area contributed by atoms with Gasteiger partial charge < -0.3 is 25.4 Å².